The maximum atomic E-state index is 12.6. The molecule has 1 saturated heterocycles. The monoisotopic (exact) mass is 254 g/mol. The lowest BCUT2D eigenvalue weighted by molar-refractivity contribution is -0.140. The van der Waals surface area contributed by atoms with Gasteiger partial charge in [0.1, 0.15) is 0 Å². The molecule has 0 bridgehead atoms. The lowest BCUT2D eigenvalue weighted by atomic mass is 9.78. The topological polar surface area (TPSA) is 66.6 Å². The van der Waals surface area contributed by atoms with Gasteiger partial charge >= 0.3 is 0 Å². The highest BCUT2D eigenvalue weighted by Gasteiger charge is 2.39. The Morgan fingerprint density at radius 2 is 2.06 bits per heavy atom. The van der Waals surface area contributed by atoms with Crippen LogP contribution >= 0.6 is 0 Å². The molecule has 104 valence electrons. The van der Waals surface area contributed by atoms with Crippen LogP contribution < -0.4 is 5.73 Å². The highest BCUT2D eigenvalue weighted by Crippen LogP contribution is 2.34. The van der Waals surface area contributed by atoms with E-state index < -0.39 is 0 Å². The normalized spacial score (nSPS) is 36.9. The minimum Gasteiger partial charge on any atom is -0.394 e. The van der Waals surface area contributed by atoms with E-state index in [0.29, 0.717) is 18.4 Å². The molecule has 0 spiro atoms. The maximum absolute atomic E-state index is 12.6. The minimum atomic E-state index is 0.0258. The van der Waals surface area contributed by atoms with Crippen LogP contribution in [0.2, 0.25) is 0 Å². The Morgan fingerprint density at radius 3 is 2.72 bits per heavy atom. The Balaban J connectivity index is 2.05. The number of aliphatic hydroxyl groups excluding tert-OH is 1. The van der Waals surface area contributed by atoms with E-state index in [1.165, 1.54) is 6.42 Å². The smallest absolute Gasteiger partial charge is 0.226 e. The summed E-state index contributed by atoms with van der Waals surface area (Å²) in [5.74, 6) is 1.11. The summed E-state index contributed by atoms with van der Waals surface area (Å²) in [6, 6.07) is 0.0258. The van der Waals surface area contributed by atoms with E-state index in [1.54, 1.807) is 0 Å². The molecule has 2 aliphatic rings. The highest BCUT2D eigenvalue weighted by molar-refractivity contribution is 5.80. The lowest BCUT2D eigenvalue weighted by Crippen LogP contribution is -2.46. The molecule has 1 aliphatic heterocycles. The molecule has 1 aliphatic carbocycles. The summed E-state index contributed by atoms with van der Waals surface area (Å²) < 4.78 is 0. The number of amides is 1. The van der Waals surface area contributed by atoms with Crippen LogP contribution in [0.25, 0.3) is 0 Å². The van der Waals surface area contributed by atoms with Crippen molar-refractivity contribution in [1.29, 1.82) is 0 Å². The van der Waals surface area contributed by atoms with Gasteiger partial charge in [0.15, 0.2) is 0 Å². The second kappa shape index (κ2) is 6.02. The molecule has 3 N–H and O–H groups in total. The van der Waals surface area contributed by atoms with Gasteiger partial charge in [-0.1, -0.05) is 19.8 Å². The van der Waals surface area contributed by atoms with E-state index in [9.17, 15) is 9.90 Å². The molecule has 1 saturated carbocycles. The van der Waals surface area contributed by atoms with Crippen molar-refractivity contribution in [1.82, 2.24) is 4.90 Å². The van der Waals surface area contributed by atoms with Gasteiger partial charge in [-0.15, -0.1) is 0 Å². The third-order valence-corrected chi connectivity index (χ3v) is 4.88. The van der Waals surface area contributed by atoms with Crippen molar-refractivity contribution >= 4 is 5.91 Å². The van der Waals surface area contributed by atoms with E-state index in [-0.39, 0.29) is 24.5 Å². The van der Waals surface area contributed by atoms with Crippen molar-refractivity contribution in [2.45, 2.75) is 45.1 Å². The van der Waals surface area contributed by atoms with E-state index in [1.807, 2.05) is 4.90 Å². The quantitative estimate of drug-likeness (QED) is 0.789. The molecule has 18 heavy (non-hydrogen) atoms. The van der Waals surface area contributed by atoms with Gasteiger partial charge in [-0.2, -0.15) is 0 Å². The molecule has 0 aromatic rings. The molecular weight excluding hydrogens is 228 g/mol. The summed E-state index contributed by atoms with van der Waals surface area (Å²) in [6.07, 6.45) is 5.41. The van der Waals surface area contributed by atoms with Crippen LogP contribution in [0.5, 0.6) is 0 Å². The molecule has 0 radical (unpaired) electrons. The van der Waals surface area contributed by atoms with Gasteiger partial charge in [0, 0.05) is 12.5 Å². The lowest BCUT2D eigenvalue weighted by Gasteiger charge is -2.35. The number of hydrogen-bond donors (Lipinski definition) is 2. The number of hydrogen-bond acceptors (Lipinski definition) is 3. The fourth-order valence-electron chi connectivity index (χ4n) is 3.59. The maximum Gasteiger partial charge on any atom is 0.226 e. The Hall–Kier alpha value is -0.610. The molecule has 2 fully saturated rings. The second-order valence-electron chi connectivity index (χ2n) is 5.93. The summed E-state index contributed by atoms with van der Waals surface area (Å²) in [5.41, 5.74) is 5.80. The van der Waals surface area contributed by atoms with Crippen LogP contribution in [0.15, 0.2) is 0 Å². The standard InChI is InChI=1S/C14H26N2O2/c1-10-6-7-16(13(10)9-17)14(18)12-5-3-2-4-11(12)8-15/h10-13,17H,2-9,15H2,1H3. The first-order valence-electron chi connectivity index (χ1n) is 7.30. The Bertz CT molecular complexity index is 290. The summed E-state index contributed by atoms with van der Waals surface area (Å²) in [6.45, 7) is 3.63. The number of carbonyl (C=O) groups is 1. The fraction of sp³-hybridized carbons (Fsp3) is 0.929. The first-order chi connectivity index (χ1) is 8.69. The van der Waals surface area contributed by atoms with E-state index in [2.05, 4.69) is 6.92 Å². The molecule has 0 aromatic heterocycles. The van der Waals surface area contributed by atoms with Gasteiger partial charge in [-0.3, -0.25) is 4.79 Å². The zero-order chi connectivity index (χ0) is 13.1. The number of aliphatic hydroxyl groups is 1. The summed E-state index contributed by atoms with van der Waals surface area (Å²) >= 11 is 0. The SMILES string of the molecule is CC1CCN(C(=O)C2CCCCC2CN)C1CO. The van der Waals surface area contributed by atoms with Crippen molar-refractivity contribution in [2.75, 3.05) is 19.7 Å². The molecule has 1 heterocycles. The van der Waals surface area contributed by atoms with Crippen LogP contribution in [0, 0.1) is 17.8 Å². The van der Waals surface area contributed by atoms with Crippen LogP contribution in [0.3, 0.4) is 0 Å². The Kier molecular flexibility index (Phi) is 4.62. The predicted octanol–water partition coefficient (Wildman–Crippen LogP) is 0.981. The third-order valence-electron chi connectivity index (χ3n) is 4.88. The number of carbonyl (C=O) groups excluding carboxylic acids is 1. The van der Waals surface area contributed by atoms with Crippen molar-refractivity contribution in [3.05, 3.63) is 0 Å². The van der Waals surface area contributed by atoms with Crippen molar-refractivity contribution < 1.29 is 9.90 Å². The highest BCUT2D eigenvalue weighted by atomic mass is 16.3. The molecule has 4 unspecified atom stereocenters. The van der Waals surface area contributed by atoms with Crippen LogP contribution in [0.4, 0.5) is 0 Å². The first kappa shape index (κ1) is 13.8. The molecule has 0 aromatic carbocycles. The molecule has 4 heteroatoms. The second-order valence-corrected chi connectivity index (χ2v) is 5.93. The summed E-state index contributed by atoms with van der Waals surface area (Å²) in [7, 11) is 0. The van der Waals surface area contributed by atoms with Crippen LogP contribution in [0.1, 0.15) is 39.0 Å². The van der Waals surface area contributed by atoms with Crippen molar-refractivity contribution in [3.63, 3.8) is 0 Å². The van der Waals surface area contributed by atoms with Gasteiger partial charge in [-0.05, 0) is 37.6 Å². The van der Waals surface area contributed by atoms with Gasteiger partial charge in [0.25, 0.3) is 0 Å². The van der Waals surface area contributed by atoms with Crippen molar-refractivity contribution in [2.24, 2.45) is 23.5 Å². The number of nitrogens with zero attached hydrogens (tertiary/aromatic N) is 1. The minimum absolute atomic E-state index is 0.0258. The zero-order valence-electron chi connectivity index (χ0n) is 11.3. The van der Waals surface area contributed by atoms with Crippen LogP contribution in [-0.2, 0) is 4.79 Å². The average Bonchev–Trinajstić information content (AvgIpc) is 2.78. The van der Waals surface area contributed by atoms with Crippen LogP contribution in [-0.4, -0.2) is 41.7 Å². The van der Waals surface area contributed by atoms with E-state index in [0.717, 1.165) is 32.2 Å². The van der Waals surface area contributed by atoms with Gasteiger partial charge in [-0.25, -0.2) is 0 Å². The molecule has 1 amide bonds. The van der Waals surface area contributed by atoms with E-state index in [4.69, 9.17) is 5.73 Å². The molecular formula is C14H26N2O2. The van der Waals surface area contributed by atoms with Gasteiger partial charge < -0.3 is 15.7 Å². The predicted molar refractivity (Wildman–Crippen MR) is 70.9 cm³/mol. The number of nitrogens with two attached hydrogens (primary N) is 1. The third kappa shape index (κ3) is 2.54. The Labute approximate surface area is 110 Å². The average molecular weight is 254 g/mol. The van der Waals surface area contributed by atoms with E-state index >= 15 is 0 Å². The zero-order valence-corrected chi connectivity index (χ0v) is 11.3. The molecule has 2 rings (SSSR count). The Morgan fingerprint density at radius 1 is 1.33 bits per heavy atom. The number of likely N-dealkylation sites (tertiary alicyclic amines) is 1. The van der Waals surface area contributed by atoms with Crippen molar-refractivity contribution in [3.8, 4) is 0 Å². The number of rotatable bonds is 3. The first-order valence-corrected chi connectivity index (χ1v) is 7.30. The summed E-state index contributed by atoms with van der Waals surface area (Å²) in [4.78, 5) is 14.6. The summed E-state index contributed by atoms with van der Waals surface area (Å²) in [5, 5.41) is 9.46. The molecule has 4 atom stereocenters. The van der Waals surface area contributed by atoms with Gasteiger partial charge in [0.05, 0.1) is 12.6 Å². The largest absolute Gasteiger partial charge is 0.394 e. The molecule has 4 nitrogen and oxygen atoms in total. The van der Waals surface area contributed by atoms with Gasteiger partial charge in [0.2, 0.25) is 5.91 Å². The fourth-order valence-corrected chi connectivity index (χ4v) is 3.59.